The zero-order valence-corrected chi connectivity index (χ0v) is 20.3. The van der Waals surface area contributed by atoms with Crippen LogP contribution in [0, 0.1) is 20.8 Å². The van der Waals surface area contributed by atoms with Crippen LogP contribution in [0.3, 0.4) is 0 Å². The third-order valence-corrected chi connectivity index (χ3v) is 6.14. The van der Waals surface area contributed by atoms with Crippen molar-refractivity contribution in [2.24, 2.45) is 0 Å². The Bertz CT molecular complexity index is 1380. The monoisotopic (exact) mass is 460 g/mol. The molecule has 0 spiro atoms. The summed E-state index contributed by atoms with van der Waals surface area (Å²) in [6.07, 6.45) is 1.82. The number of hydrogen-bond acceptors (Lipinski definition) is 9. The summed E-state index contributed by atoms with van der Waals surface area (Å²) in [5.41, 5.74) is 4.02. The van der Waals surface area contributed by atoms with E-state index in [2.05, 4.69) is 27.1 Å². The molecule has 176 valence electrons. The summed E-state index contributed by atoms with van der Waals surface area (Å²) in [6, 6.07) is 7.82. The molecular formula is C25H28N6O3. The van der Waals surface area contributed by atoms with Crippen molar-refractivity contribution < 1.29 is 13.9 Å². The van der Waals surface area contributed by atoms with E-state index in [9.17, 15) is 0 Å². The molecule has 0 radical (unpaired) electrons. The molecule has 0 saturated carbocycles. The van der Waals surface area contributed by atoms with E-state index < -0.39 is 0 Å². The highest BCUT2D eigenvalue weighted by Crippen LogP contribution is 2.35. The third-order valence-electron chi connectivity index (χ3n) is 6.14. The Morgan fingerprint density at radius 2 is 1.85 bits per heavy atom. The van der Waals surface area contributed by atoms with Gasteiger partial charge in [0.15, 0.2) is 11.7 Å². The van der Waals surface area contributed by atoms with Gasteiger partial charge in [-0.15, -0.1) is 0 Å². The molecule has 1 aliphatic heterocycles. The molecule has 1 N–H and O–H groups in total. The van der Waals surface area contributed by atoms with Crippen molar-refractivity contribution in [1.82, 2.24) is 19.9 Å². The Hall–Kier alpha value is -3.72. The van der Waals surface area contributed by atoms with Gasteiger partial charge in [-0.25, -0.2) is 19.9 Å². The predicted octanol–water partition coefficient (Wildman–Crippen LogP) is 4.58. The van der Waals surface area contributed by atoms with Crippen molar-refractivity contribution in [2.75, 3.05) is 37.5 Å². The molecule has 1 saturated heterocycles. The lowest BCUT2D eigenvalue weighted by atomic mass is 9.96. The minimum absolute atomic E-state index is 0.165. The summed E-state index contributed by atoms with van der Waals surface area (Å²) in [4.78, 5) is 20.8. The van der Waals surface area contributed by atoms with E-state index in [1.807, 2.05) is 51.2 Å². The van der Waals surface area contributed by atoms with Gasteiger partial charge in [-0.05, 0) is 39.0 Å². The first-order valence-electron chi connectivity index (χ1n) is 11.1. The summed E-state index contributed by atoms with van der Waals surface area (Å²) in [6.45, 7) is 9.34. The highest BCUT2D eigenvalue weighted by atomic mass is 16.5. The maximum Gasteiger partial charge on any atom is 0.227 e. The minimum atomic E-state index is -0.165. The lowest BCUT2D eigenvalue weighted by molar-refractivity contribution is -0.0170. The summed E-state index contributed by atoms with van der Waals surface area (Å²) >= 11 is 0. The Kier molecular flexibility index (Phi) is 5.36. The summed E-state index contributed by atoms with van der Waals surface area (Å²) in [5.74, 6) is 3.36. The smallest absolute Gasteiger partial charge is 0.227 e. The number of hydrogen-bond donors (Lipinski definition) is 1. The van der Waals surface area contributed by atoms with Crippen molar-refractivity contribution in [3.05, 3.63) is 47.8 Å². The molecule has 4 aromatic rings. The average molecular weight is 461 g/mol. The van der Waals surface area contributed by atoms with Crippen LogP contribution >= 0.6 is 0 Å². The molecular weight excluding hydrogens is 432 g/mol. The topological polar surface area (TPSA) is 98.4 Å². The van der Waals surface area contributed by atoms with Gasteiger partial charge in [0.2, 0.25) is 5.95 Å². The van der Waals surface area contributed by atoms with Crippen LogP contribution in [0.25, 0.3) is 22.2 Å². The first kappa shape index (κ1) is 22.1. The van der Waals surface area contributed by atoms with Gasteiger partial charge in [0.1, 0.15) is 22.7 Å². The predicted molar refractivity (Wildman–Crippen MR) is 131 cm³/mol. The Morgan fingerprint density at radius 1 is 1.06 bits per heavy atom. The molecule has 0 aliphatic carbocycles. The fraction of sp³-hybridized carbons (Fsp3) is 0.360. The summed E-state index contributed by atoms with van der Waals surface area (Å²) in [7, 11) is 3.38. The number of pyridine rings is 1. The molecule has 0 amide bonds. The van der Waals surface area contributed by atoms with Crippen LogP contribution in [0.5, 0.6) is 5.75 Å². The van der Waals surface area contributed by atoms with E-state index in [4.69, 9.17) is 23.9 Å². The quantitative estimate of drug-likeness (QED) is 0.443. The first-order valence-corrected chi connectivity index (χ1v) is 11.1. The molecule has 3 aromatic heterocycles. The molecule has 1 aromatic carbocycles. The second-order valence-electron chi connectivity index (χ2n) is 8.91. The summed E-state index contributed by atoms with van der Waals surface area (Å²) < 4.78 is 16.8. The van der Waals surface area contributed by atoms with E-state index in [-0.39, 0.29) is 5.60 Å². The molecule has 9 heteroatoms. The lowest BCUT2D eigenvalue weighted by Crippen LogP contribution is -2.61. The normalized spacial score (nSPS) is 14.8. The number of rotatable bonds is 6. The number of oxazole rings is 1. The van der Waals surface area contributed by atoms with E-state index >= 15 is 0 Å². The van der Waals surface area contributed by atoms with Gasteiger partial charge < -0.3 is 24.1 Å². The zero-order chi connectivity index (χ0) is 24.0. The standard InChI is InChI=1S/C25H28N6O3/c1-14-9-18-11-26-24(30-22(18)23(27-14)31-12-25(4,13-31)33-6)29-19-8-7-17(10-20(19)32-5)21-15(2)34-16(3)28-21/h7-11H,12-13H2,1-6H3,(H,26,29,30). The second-order valence-corrected chi connectivity index (χ2v) is 8.91. The van der Waals surface area contributed by atoms with Gasteiger partial charge in [-0.3, -0.25) is 0 Å². The Labute approximate surface area is 198 Å². The van der Waals surface area contributed by atoms with E-state index in [1.54, 1.807) is 14.2 Å². The van der Waals surface area contributed by atoms with Crippen LogP contribution in [0.4, 0.5) is 17.5 Å². The van der Waals surface area contributed by atoms with Crippen LogP contribution in [0.2, 0.25) is 0 Å². The molecule has 0 bridgehead atoms. The molecule has 1 aliphatic rings. The highest BCUT2D eigenvalue weighted by Gasteiger charge is 2.40. The van der Waals surface area contributed by atoms with Gasteiger partial charge in [0.05, 0.1) is 31.5 Å². The molecule has 5 rings (SSSR count). The van der Waals surface area contributed by atoms with E-state index in [1.165, 1.54) is 0 Å². The van der Waals surface area contributed by atoms with Gasteiger partial charge >= 0.3 is 0 Å². The fourth-order valence-corrected chi connectivity index (χ4v) is 4.33. The summed E-state index contributed by atoms with van der Waals surface area (Å²) in [5, 5.41) is 4.24. The van der Waals surface area contributed by atoms with Crippen LogP contribution in [-0.4, -0.2) is 52.8 Å². The maximum absolute atomic E-state index is 5.64. The van der Waals surface area contributed by atoms with Crippen molar-refractivity contribution in [1.29, 1.82) is 0 Å². The number of methoxy groups -OCH3 is 2. The number of aryl methyl sites for hydroxylation is 3. The van der Waals surface area contributed by atoms with Crippen molar-refractivity contribution in [2.45, 2.75) is 33.3 Å². The van der Waals surface area contributed by atoms with Crippen LogP contribution < -0.4 is 15.0 Å². The van der Waals surface area contributed by atoms with Gasteiger partial charge in [0, 0.05) is 36.9 Å². The van der Waals surface area contributed by atoms with Gasteiger partial charge in [-0.1, -0.05) is 6.07 Å². The SMILES string of the molecule is COc1cc(-c2nc(C)oc2C)ccc1Nc1ncc2cc(C)nc(N3CC(C)(OC)C3)c2n1. The molecule has 0 atom stereocenters. The number of anilines is 3. The number of aromatic nitrogens is 4. The maximum atomic E-state index is 5.64. The van der Waals surface area contributed by atoms with Crippen LogP contribution in [0.1, 0.15) is 24.3 Å². The first-order chi connectivity index (χ1) is 16.3. The molecule has 1 fully saturated rings. The van der Waals surface area contributed by atoms with Crippen molar-refractivity contribution in [3.8, 4) is 17.0 Å². The molecule has 9 nitrogen and oxygen atoms in total. The van der Waals surface area contributed by atoms with Crippen LogP contribution in [-0.2, 0) is 4.74 Å². The molecule has 34 heavy (non-hydrogen) atoms. The molecule has 0 unspecified atom stereocenters. The van der Waals surface area contributed by atoms with Crippen molar-refractivity contribution >= 4 is 28.4 Å². The van der Waals surface area contributed by atoms with Gasteiger partial charge in [0.25, 0.3) is 0 Å². The Morgan fingerprint density at radius 3 is 2.53 bits per heavy atom. The number of benzene rings is 1. The number of nitrogens with zero attached hydrogens (tertiary/aromatic N) is 5. The van der Waals surface area contributed by atoms with E-state index in [0.717, 1.165) is 58.2 Å². The number of nitrogens with one attached hydrogen (secondary N) is 1. The lowest BCUT2D eigenvalue weighted by Gasteiger charge is -2.47. The minimum Gasteiger partial charge on any atom is -0.495 e. The fourth-order valence-electron chi connectivity index (χ4n) is 4.33. The molecule has 4 heterocycles. The average Bonchev–Trinajstić information content (AvgIpc) is 3.14. The van der Waals surface area contributed by atoms with E-state index in [0.29, 0.717) is 17.6 Å². The third kappa shape index (κ3) is 3.92. The highest BCUT2D eigenvalue weighted by molar-refractivity contribution is 5.90. The Balaban J connectivity index is 1.48. The number of ether oxygens (including phenoxy) is 2. The van der Waals surface area contributed by atoms with Crippen LogP contribution in [0.15, 0.2) is 34.9 Å². The largest absolute Gasteiger partial charge is 0.495 e. The van der Waals surface area contributed by atoms with Crippen molar-refractivity contribution in [3.63, 3.8) is 0 Å². The number of fused-ring (bicyclic) bond motifs is 1. The second kappa shape index (κ2) is 8.25. The zero-order valence-electron chi connectivity index (χ0n) is 20.3. The van der Waals surface area contributed by atoms with Gasteiger partial charge in [-0.2, -0.15) is 0 Å².